The third-order valence-electron chi connectivity index (χ3n) is 4.39. The van der Waals surface area contributed by atoms with Gasteiger partial charge in [0.05, 0.1) is 4.90 Å². The number of rotatable bonds is 6. The van der Waals surface area contributed by atoms with E-state index in [0.29, 0.717) is 10.7 Å². The van der Waals surface area contributed by atoms with E-state index in [4.69, 9.17) is 0 Å². The van der Waals surface area contributed by atoms with Gasteiger partial charge >= 0.3 is 0 Å². The van der Waals surface area contributed by atoms with Gasteiger partial charge in [0.1, 0.15) is 11.9 Å². The molecule has 1 atom stereocenters. The molecule has 1 aliphatic heterocycles. The molecule has 3 rings (SSSR count). The summed E-state index contributed by atoms with van der Waals surface area (Å²) in [6.07, 6.45) is 0.619. The van der Waals surface area contributed by atoms with Crippen LogP contribution >= 0.6 is 0 Å². The fourth-order valence-corrected chi connectivity index (χ4v) is 4.63. The fourth-order valence-electron chi connectivity index (χ4n) is 3.01. The van der Waals surface area contributed by atoms with E-state index in [1.807, 2.05) is 0 Å². The van der Waals surface area contributed by atoms with Crippen LogP contribution in [0, 0.1) is 5.82 Å². The highest BCUT2D eigenvalue weighted by Gasteiger charge is 2.44. The first-order valence-corrected chi connectivity index (χ1v) is 9.98. The summed E-state index contributed by atoms with van der Waals surface area (Å²) in [4.78, 5) is 24.6. The summed E-state index contributed by atoms with van der Waals surface area (Å²) >= 11 is 0. The van der Waals surface area contributed by atoms with E-state index < -0.39 is 27.9 Å². The largest absolute Gasteiger partial charge is 0.354 e. The fraction of sp³-hybridized carbons (Fsp3) is 0.263. The lowest BCUT2D eigenvalue weighted by Gasteiger charge is -2.23. The number of hydrogen-bond donors (Lipinski definition) is 1. The number of nitrogens with zero attached hydrogens (tertiary/aromatic N) is 1. The second-order valence-electron chi connectivity index (χ2n) is 6.23. The Morgan fingerprint density at radius 3 is 2.44 bits per heavy atom. The Labute approximate surface area is 157 Å². The quantitative estimate of drug-likeness (QED) is 0.816. The van der Waals surface area contributed by atoms with Gasteiger partial charge < -0.3 is 5.32 Å². The van der Waals surface area contributed by atoms with Crippen molar-refractivity contribution < 1.29 is 22.4 Å². The van der Waals surface area contributed by atoms with Crippen LogP contribution in [0.4, 0.5) is 4.39 Å². The summed E-state index contributed by atoms with van der Waals surface area (Å²) in [6, 6.07) is 12.4. The molecule has 0 spiro atoms. The number of hydrogen-bond acceptors (Lipinski definition) is 4. The normalized spacial score (nSPS) is 17.1. The number of sulfonamides is 1. The minimum Gasteiger partial charge on any atom is -0.354 e. The Kier molecular flexibility index (Phi) is 5.55. The lowest BCUT2D eigenvalue weighted by molar-refractivity contribution is -0.130. The zero-order valence-electron chi connectivity index (χ0n) is 14.5. The van der Waals surface area contributed by atoms with E-state index in [2.05, 4.69) is 5.32 Å². The van der Waals surface area contributed by atoms with E-state index in [1.165, 1.54) is 24.3 Å². The Bertz CT molecular complexity index is 930. The van der Waals surface area contributed by atoms with Crippen LogP contribution in [0.1, 0.15) is 18.4 Å². The van der Waals surface area contributed by atoms with Crippen molar-refractivity contribution in [2.75, 3.05) is 6.54 Å². The van der Waals surface area contributed by atoms with Gasteiger partial charge in [-0.05, 0) is 42.7 Å². The molecule has 0 bridgehead atoms. The zero-order valence-corrected chi connectivity index (χ0v) is 15.3. The molecule has 1 unspecified atom stereocenters. The molecule has 142 valence electrons. The number of carbonyl (C=O) groups excluding carboxylic acids is 2. The Morgan fingerprint density at radius 1 is 1.11 bits per heavy atom. The maximum absolute atomic E-state index is 12.9. The average molecular weight is 390 g/mol. The van der Waals surface area contributed by atoms with Crippen LogP contribution < -0.4 is 5.32 Å². The van der Waals surface area contributed by atoms with E-state index >= 15 is 0 Å². The number of benzene rings is 2. The average Bonchev–Trinajstić information content (AvgIpc) is 3.06. The van der Waals surface area contributed by atoms with Crippen LogP contribution in [0.2, 0.25) is 0 Å². The first-order valence-electron chi connectivity index (χ1n) is 8.54. The molecular weight excluding hydrogens is 371 g/mol. The third kappa shape index (κ3) is 4.16. The van der Waals surface area contributed by atoms with Gasteiger partial charge in [-0.3, -0.25) is 9.59 Å². The molecule has 2 aromatic carbocycles. The smallest absolute Gasteiger partial charge is 0.267 e. The van der Waals surface area contributed by atoms with Gasteiger partial charge in [0.2, 0.25) is 11.8 Å². The molecule has 0 saturated carbocycles. The highest BCUT2D eigenvalue weighted by Crippen LogP contribution is 2.27. The van der Waals surface area contributed by atoms with E-state index in [1.54, 1.807) is 30.3 Å². The molecule has 0 aromatic heterocycles. The van der Waals surface area contributed by atoms with E-state index in [-0.39, 0.29) is 30.1 Å². The van der Waals surface area contributed by atoms with Gasteiger partial charge in [-0.1, -0.05) is 30.3 Å². The van der Waals surface area contributed by atoms with Crippen LogP contribution in [-0.4, -0.2) is 37.1 Å². The summed E-state index contributed by atoms with van der Waals surface area (Å²) in [5.41, 5.74) is 0.841. The Hall–Kier alpha value is -2.74. The number of amides is 2. The summed E-state index contributed by atoms with van der Waals surface area (Å²) in [5.74, 6) is -1.44. The second-order valence-corrected chi connectivity index (χ2v) is 8.04. The molecule has 1 saturated heterocycles. The van der Waals surface area contributed by atoms with Gasteiger partial charge in [-0.25, -0.2) is 17.1 Å². The number of nitrogens with one attached hydrogen (secondary N) is 1. The maximum Gasteiger partial charge on any atom is 0.267 e. The summed E-state index contributed by atoms with van der Waals surface area (Å²) < 4.78 is 39.2. The molecule has 2 aromatic rings. The van der Waals surface area contributed by atoms with Crippen molar-refractivity contribution >= 4 is 21.8 Å². The Morgan fingerprint density at radius 2 is 1.78 bits per heavy atom. The third-order valence-corrected chi connectivity index (χ3v) is 6.23. The molecule has 0 aliphatic carbocycles. The van der Waals surface area contributed by atoms with Gasteiger partial charge in [0.25, 0.3) is 10.0 Å². The second kappa shape index (κ2) is 7.87. The molecular formula is C19H19FN2O4S. The van der Waals surface area contributed by atoms with Gasteiger partial charge in [0, 0.05) is 13.0 Å². The minimum atomic E-state index is -4.08. The molecule has 1 aliphatic rings. The highest BCUT2D eigenvalue weighted by molar-refractivity contribution is 7.89. The lowest BCUT2D eigenvalue weighted by atomic mass is 10.1. The monoisotopic (exact) mass is 390 g/mol. The van der Waals surface area contributed by atoms with Crippen LogP contribution in [0.15, 0.2) is 59.5 Å². The van der Waals surface area contributed by atoms with Crippen molar-refractivity contribution in [1.29, 1.82) is 0 Å². The van der Waals surface area contributed by atoms with Crippen LogP contribution in [0.5, 0.6) is 0 Å². The Balaban J connectivity index is 1.68. The number of halogens is 1. The topological polar surface area (TPSA) is 83.6 Å². The molecule has 2 amide bonds. The van der Waals surface area contributed by atoms with Crippen molar-refractivity contribution in [3.63, 3.8) is 0 Å². The van der Waals surface area contributed by atoms with Crippen molar-refractivity contribution in [3.8, 4) is 0 Å². The minimum absolute atomic E-state index is 0.00210. The molecule has 27 heavy (non-hydrogen) atoms. The SMILES string of the molecule is O=C(NCCc1ccc(F)cc1)C1CCC(=O)N1S(=O)(=O)c1ccccc1. The molecule has 8 heteroatoms. The van der Waals surface area contributed by atoms with Gasteiger partial charge in [-0.15, -0.1) is 0 Å². The molecule has 6 nitrogen and oxygen atoms in total. The van der Waals surface area contributed by atoms with Crippen molar-refractivity contribution in [1.82, 2.24) is 9.62 Å². The van der Waals surface area contributed by atoms with E-state index in [0.717, 1.165) is 5.56 Å². The molecule has 1 heterocycles. The summed E-state index contributed by atoms with van der Waals surface area (Å²) in [5, 5.41) is 2.67. The van der Waals surface area contributed by atoms with Crippen LogP contribution in [0.3, 0.4) is 0 Å². The highest BCUT2D eigenvalue weighted by atomic mass is 32.2. The van der Waals surface area contributed by atoms with Crippen molar-refractivity contribution in [2.45, 2.75) is 30.2 Å². The first kappa shape index (κ1) is 19.0. The predicted octanol–water partition coefficient (Wildman–Crippen LogP) is 1.86. The lowest BCUT2D eigenvalue weighted by Crippen LogP contribution is -2.47. The predicted molar refractivity (Wildman–Crippen MR) is 96.6 cm³/mol. The van der Waals surface area contributed by atoms with Crippen molar-refractivity contribution in [3.05, 3.63) is 66.0 Å². The maximum atomic E-state index is 12.9. The van der Waals surface area contributed by atoms with Gasteiger partial charge in [-0.2, -0.15) is 0 Å². The van der Waals surface area contributed by atoms with Crippen LogP contribution in [0.25, 0.3) is 0 Å². The molecule has 1 fully saturated rings. The molecule has 0 radical (unpaired) electrons. The summed E-state index contributed by atoms with van der Waals surface area (Å²) in [6.45, 7) is 0.258. The number of carbonyl (C=O) groups is 2. The standard InChI is InChI=1S/C19H19FN2O4S/c20-15-8-6-14(7-9-15)12-13-21-19(24)17-10-11-18(23)22(17)27(25,26)16-4-2-1-3-5-16/h1-9,17H,10-13H2,(H,21,24). The van der Waals surface area contributed by atoms with Gasteiger partial charge in [0.15, 0.2) is 0 Å². The summed E-state index contributed by atoms with van der Waals surface area (Å²) in [7, 11) is -4.08. The zero-order chi connectivity index (χ0) is 19.4. The first-order chi connectivity index (χ1) is 12.9. The molecule has 1 N–H and O–H groups in total. The van der Waals surface area contributed by atoms with Crippen LogP contribution in [-0.2, 0) is 26.0 Å². The van der Waals surface area contributed by atoms with E-state index in [9.17, 15) is 22.4 Å². The van der Waals surface area contributed by atoms with Crippen molar-refractivity contribution in [2.24, 2.45) is 0 Å².